The number of hydrogen-bond acceptors (Lipinski definition) is 10. The Morgan fingerprint density at radius 2 is 1.94 bits per heavy atom. The van der Waals surface area contributed by atoms with E-state index < -0.39 is 44.3 Å². The maximum absolute atomic E-state index is 14.3. The van der Waals surface area contributed by atoms with Gasteiger partial charge >= 0.3 is 0 Å². The van der Waals surface area contributed by atoms with Gasteiger partial charge in [0.1, 0.15) is 17.6 Å². The molecule has 3 N–H and O–H groups in total. The number of carbonyl (C=O) groups is 3. The zero-order valence-corrected chi connectivity index (χ0v) is 29.6. The summed E-state index contributed by atoms with van der Waals surface area (Å²) in [5.41, 5.74) is 6.70. The molecule has 6 rings (SSSR count). The third-order valence-electron chi connectivity index (χ3n) is 10.8. The number of Topliss-reactive ketones (excluding diaryl/α,β-unsaturated/α-hetero) is 1. The van der Waals surface area contributed by atoms with Crippen molar-refractivity contribution in [2.75, 3.05) is 20.3 Å². The molecule has 49 heavy (non-hydrogen) atoms. The standard InChI is InChI=1S/C36H48N4O8S/c1-5-47-31-18-30(25-13-14-29(46-4)22(2)32(25)38-31)48-24-17-27-28(41)20-36(34(43)39-49(44,45)35(3)15-16-35)19-23(36)11-9-7-6-8-10-12-26(37)33(42)40(27)21-24/h9,11,13-14,18,23-24,26-27H,5-8,10,12,15-17,19-21,37H2,1-4H3,(H,39,43)/b11-9-/t23-,24-,26+,27+,36-/m1/s1. The summed E-state index contributed by atoms with van der Waals surface area (Å²) in [5, 5.41) is 0.731. The number of nitrogens with zero attached hydrogens (tertiary/aromatic N) is 2. The molecule has 13 heteroatoms. The normalized spacial score (nSPS) is 29.2. The minimum Gasteiger partial charge on any atom is -0.496 e. The number of hydrogen-bond donors (Lipinski definition) is 2. The second-order valence-electron chi connectivity index (χ2n) is 14.3. The van der Waals surface area contributed by atoms with Gasteiger partial charge in [-0.25, -0.2) is 13.4 Å². The zero-order chi connectivity index (χ0) is 35.1. The summed E-state index contributed by atoms with van der Waals surface area (Å²) in [6.07, 6.45) is 8.55. The Kier molecular flexibility index (Phi) is 9.71. The van der Waals surface area contributed by atoms with E-state index >= 15 is 0 Å². The van der Waals surface area contributed by atoms with E-state index in [0.717, 1.165) is 36.6 Å². The van der Waals surface area contributed by atoms with E-state index in [2.05, 4.69) is 9.71 Å². The highest BCUT2D eigenvalue weighted by Gasteiger charge is 2.62. The number of pyridine rings is 1. The van der Waals surface area contributed by atoms with Gasteiger partial charge in [0.05, 0.1) is 48.0 Å². The quantitative estimate of drug-likeness (QED) is 0.384. The zero-order valence-electron chi connectivity index (χ0n) is 28.8. The molecule has 1 aromatic heterocycles. The van der Waals surface area contributed by atoms with Crippen molar-refractivity contribution in [3.63, 3.8) is 0 Å². The number of amides is 2. The molecule has 1 saturated heterocycles. The number of carbonyl (C=O) groups excluding carboxylic acids is 3. The SMILES string of the molecule is CCOc1cc(O[C@@H]2C[C@H]3C(=O)C[C@]4(C(=O)NS(=O)(=O)C5(C)CC5)C[C@H]4/C=C\CCCCC[C@H](N)C(=O)N3C2)c2ccc(OC)c(C)c2n1. The van der Waals surface area contributed by atoms with Gasteiger partial charge in [-0.05, 0) is 77.3 Å². The number of aromatic nitrogens is 1. The van der Waals surface area contributed by atoms with Gasteiger partial charge in [0, 0.05) is 29.9 Å². The number of methoxy groups -OCH3 is 1. The minimum atomic E-state index is -3.90. The van der Waals surface area contributed by atoms with Crippen molar-refractivity contribution in [1.82, 2.24) is 14.6 Å². The molecule has 2 aromatic rings. The van der Waals surface area contributed by atoms with Crippen molar-refractivity contribution in [2.24, 2.45) is 17.1 Å². The first-order chi connectivity index (χ1) is 23.3. The molecule has 2 aliphatic heterocycles. The van der Waals surface area contributed by atoms with Crippen LogP contribution in [0.4, 0.5) is 0 Å². The number of ketones is 1. The lowest BCUT2D eigenvalue weighted by molar-refractivity contribution is -0.140. The van der Waals surface area contributed by atoms with Crippen molar-refractivity contribution in [1.29, 1.82) is 0 Å². The van der Waals surface area contributed by atoms with Crippen molar-refractivity contribution >= 4 is 38.5 Å². The number of nitrogens with two attached hydrogens (primary N) is 1. The number of fused-ring (bicyclic) bond motifs is 3. The fraction of sp³-hybridized carbons (Fsp3) is 0.611. The Balaban J connectivity index is 1.30. The molecular weight excluding hydrogens is 648 g/mol. The van der Waals surface area contributed by atoms with Gasteiger partial charge in [-0.1, -0.05) is 25.0 Å². The van der Waals surface area contributed by atoms with Crippen molar-refractivity contribution < 1.29 is 37.0 Å². The van der Waals surface area contributed by atoms with Gasteiger partial charge < -0.3 is 24.8 Å². The monoisotopic (exact) mass is 696 g/mol. The Morgan fingerprint density at radius 1 is 1.16 bits per heavy atom. The van der Waals surface area contributed by atoms with Crippen molar-refractivity contribution in [3.8, 4) is 17.4 Å². The fourth-order valence-corrected chi connectivity index (χ4v) is 8.59. The molecule has 12 nitrogen and oxygen atoms in total. The first-order valence-corrected chi connectivity index (χ1v) is 18.9. The summed E-state index contributed by atoms with van der Waals surface area (Å²) in [6, 6.07) is 3.74. The summed E-state index contributed by atoms with van der Waals surface area (Å²) in [5.74, 6) is -0.0190. The van der Waals surface area contributed by atoms with E-state index in [4.69, 9.17) is 19.9 Å². The number of sulfonamides is 1. The lowest BCUT2D eigenvalue weighted by atomic mass is 9.91. The predicted octanol–water partition coefficient (Wildman–Crippen LogP) is 4.11. The summed E-state index contributed by atoms with van der Waals surface area (Å²) in [6.45, 7) is 5.91. The molecule has 3 fully saturated rings. The average molecular weight is 697 g/mol. The van der Waals surface area contributed by atoms with Gasteiger partial charge in [0.25, 0.3) is 0 Å². The Morgan fingerprint density at radius 3 is 2.65 bits per heavy atom. The minimum absolute atomic E-state index is 0.126. The predicted molar refractivity (Wildman–Crippen MR) is 184 cm³/mol. The number of allylic oxidation sites excluding steroid dienone is 2. The van der Waals surface area contributed by atoms with Crippen molar-refractivity contribution in [3.05, 3.63) is 35.9 Å². The van der Waals surface area contributed by atoms with Gasteiger partial charge in [0.2, 0.25) is 27.7 Å². The third kappa shape index (κ3) is 6.88. The van der Waals surface area contributed by atoms with E-state index in [1.165, 1.54) is 4.90 Å². The van der Waals surface area contributed by atoms with Crippen LogP contribution in [0.15, 0.2) is 30.4 Å². The van der Waals surface area contributed by atoms with Crippen LogP contribution in [-0.4, -0.2) is 79.1 Å². The molecule has 0 radical (unpaired) electrons. The molecule has 2 saturated carbocycles. The van der Waals surface area contributed by atoms with Gasteiger partial charge in [-0.3, -0.25) is 19.1 Å². The molecule has 0 bridgehead atoms. The van der Waals surface area contributed by atoms with Crippen LogP contribution in [0.1, 0.15) is 83.6 Å². The van der Waals surface area contributed by atoms with Gasteiger partial charge in [-0.15, -0.1) is 0 Å². The van der Waals surface area contributed by atoms with E-state index in [0.29, 0.717) is 55.2 Å². The number of nitrogens with one attached hydrogen (secondary N) is 1. The molecule has 3 heterocycles. The van der Waals surface area contributed by atoms with Crippen LogP contribution in [0.3, 0.4) is 0 Å². The highest BCUT2D eigenvalue weighted by molar-refractivity contribution is 7.91. The summed E-state index contributed by atoms with van der Waals surface area (Å²) in [7, 11) is -2.31. The maximum atomic E-state index is 14.3. The van der Waals surface area contributed by atoms with Crippen LogP contribution in [0.2, 0.25) is 0 Å². The second kappa shape index (κ2) is 13.5. The van der Waals surface area contributed by atoms with Crippen LogP contribution in [0.25, 0.3) is 10.9 Å². The maximum Gasteiger partial charge on any atom is 0.240 e. The number of ether oxygens (including phenoxy) is 3. The van der Waals surface area contributed by atoms with Gasteiger partial charge in [-0.2, -0.15) is 0 Å². The van der Waals surface area contributed by atoms with Crippen LogP contribution < -0.4 is 24.7 Å². The molecule has 0 spiro atoms. The van der Waals surface area contributed by atoms with Gasteiger partial charge in [0.15, 0.2) is 5.78 Å². The number of aryl methyl sites for hydroxylation is 1. The lowest BCUT2D eigenvalue weighted by Crippen LogP contribution is -2.50. The second-order valence-corrected chi connectivity index (χ2v) is 16.5. The molecule has 266 valence electrons. The first kappa shape index (κ1) is 35.1. The van der Waals surface area contributed by atoms with Crippen LogP contribution in [0.5, 0.6) is 17.4 Å². The summed E-state index contributed by atoms with van der Waals surface area (Å²) >= 11 is 0. The topological polar surface area (TPSA) is 167 Å². The molecule has 4 aliphatic rings. The van der Waals surface area contributed by atoms with E-state index in [9.17, 15) is 22.8 Å². The molecular formula is C36H48N4O8S. The highest BCUT2D eigenvalue weighted by Crippen LogP contribution is 2.57. The fourth-order valence-electron chi connectivity index (χ4n) is 7.26. The molecule has 2 aliphatic carbocycles. The van der Waals surface area contributed by atoms with Crippen molar-refractivity contribution in [2.45, 2.75) is 108 Å². The number of rotatable bonds is 8. The molecule has 1 aromatic carbocycles. The largest absolute Gasteiger partial charge is 0.496 e. The first-order valence-electron chi connectivity index (χ1n) is 17.4. The Hall–Kier alpha value is -3.71. The lowest BCUT2D eigenvalue weighted by Gasteiger charge is -2.27. The summed E-state index contributed by atoms with van der Waals surface area (Å²) in [4.78, 5) is 48.1. The molecule has 5 atom stereocenters. The Labute approximate surface area is 288 Å². The molecule has 2 amide bonds. The van der Waals surface area contributed by atoms with Crippen LogP contribution in [0, 0.1) is 18.3 Å². The van der Waals surface area contributed by atoms with Crippen LogP contribution >= 0.6 is 0 Å². The van der Waals surface area contributed by atoms with E-state index in [-0.39, 0.29) is 37.0 Å². The highest BCUT2D eigenvalue weighted by atomic mass is 32.2. The number of benzene rings is 1. The van der Waals surface area contributed by atoms with E-state index in [1.807, 2.05) is 38.1 Å². The molecule has 0 unspecified atom stereocenters. The van der Waals surface area contributed by atoms with E-state index in [1.54, 1.807) is 20.1 Å². The third-order valence-corrected chi connectivity index (χ3v) is 13.0. The average Bonchev–Trinajstić information content (AvgIpc) is 3.94. The van der Waals surface area contributed by atoms with Crippen LogP contribution in [-0.2, 0) is 24.4 Å². The Bertz CT molecular complexity index is 1770. The smallest absolute Gasteiger partial charge is 0.240 e. The summed E-state index contributed by atoms with van der Waals surface area (Å²) < 4.78 is 45.3.